The summed E-state index contributed by atoms with van der Waals surface area (Å²) >= 11 is 1.40. The minimum atomic E-state index is 0.584. The van der Waals surface area contributed by atoms with Gasteiger partial charge in [-0.05, 0) is 36.9 Å². The summed E-state index contributed by atoms with van der Waals surface area (Å²) in [5, 5.41) is 17.6. The highest BCUT2D eigenvalue weighted by molar-refractivity contribution is 7.99. The first-order chi connectivity index (χ1) is 8.11. The monoisotopic (exact) mass is 245 g/mol. The van der Waals surface area contributed by atoms with Crippen LogP contribution >= 0.6 is 11.8 Å². The first-order valence-corrected chi connectivity index (χ1v) is 5.77. The number of hydrogen-bond acceptors (Lipinski definition) is 5. The molecule has 0 saturated carbocycles. The van der Waals surface area contributed by atoms with Gasteiger partial charge in [-0.3, -0.25) is 0 Å². The van der Waals surface area contributed by atoms with Crippen molar-refractivity contribution in [2.24, 2.45) is 7.05 Å². The number of nitrogens with two attached hydrogens (primary N) is 1. The highest BCUT2D eigenvalue weighted by atomic mass is 32.2. The fraction of sp³-hybridized carbons (Fsp3) is 0.182. The lowest BCUT2D eigenvalue weighted by Crippen LogP contribution is -1.95. The largest absolute Gasteiger partial charge is 0.398 e. The van der Waals surface area contributed by atoms with E-state index in [1.54, 1.807) is 18.2 Å². The number of nitrogens with zero attached hydrogens (tertiary/aromatic N) is 4. The van der Waals surface area contributed by atoms with Crippen LogP contribution in [0.4, 0.5) is 5.69 Å². The molecule has 1 aromatic heterocycles. The van der Waals surface area contributed by atoms with E-state index in [-0.39, 0.29) is 0 Å². The van der Waals surface area contributed by atoms with E-state index in [0.717, 1.165) is 15.9 Å². The van der Waals surface area contributed by atoms with Crippen LogP contribution in [0.1, 0.15) is 11.4 Å². The zero-order valence-electron chi connectivity index (χ0n) is 9.51. The van der Waals surface area contributed by atoms with Crippen LogP contribution in [0.3, 0.4) is 0 Å². The molecule has 1 heterocycles. The van der Waals surface area contributed by atoms with Gasteiger partial charge in [0.1, 0.15) is 5.82 Å². The molecule has 2 N–H and O–H groups in total. The summed E-state index contributed by atoms with van der Waals surface area (Å²) in [6.45, 7) is 1.88. The number of benzene rings is 1. The molecule has 0 aliphatic carbocycles. The molecule has 6 heteroatoms. The Bertz CT molecular complexity index is 596. The van der Waals surface area contributed by atoms with Crippen molar-refractivity contribution in [3.63, 3.8) is 0 Å². The van der Waals surface area contributed by atoms with Crippen molar-refractivity contribution in [2.75, 3.05) is 5.73 Å². The Morgan fingerprint density at radius 3 is 2.76 bits per heavy atom. The lowest BCUT2D eigenvalue weighted by molar-refractivity contribution is 0.766. The Morgan fingerprint density at radius 2 is 2.18 bits per heavy atom. The summed E-state index contributed by atoms with van der Waals surface area (Å²) in [6, 6.07) is 7.26. The zero-order chi connectivity index (χ0) is 12.4. The molecule has 2 rings (SSSR count). The molecule has 2 aromatic rings. The normalized spacial score (nSPS) is 10.2. The maximum absolute atomic E-state index is 8.84. The number of rotatable bonds is 2. The van der Waals surface area contributed by atoms with E-state index < -0.39 is 0 Å². The van der Waals surface area contributed by atoms with Gasteiger partial charge in [-0.25, -0.2) is 0 Å². The minimum Gasteiger partial charge on any atom is -0.398 e. The lowest BCUT2D eigenvalue weighted by atomic mass is 10.2. The molecule has 17 heavy (non-hydrogen) atoms. The standard InChI is InChI=1S/C11H11N5S/c1-7-14-15-11(16(7)2)17-10-5-8(6-12)3-4-9(10)13/h3-5H,13H2,1-2H3. The summed E-state index contributed by atoms with van der Waals surface area (Å²) < 4.78 is 1.88. The lowest BCUT2D eigenvalue weighted by Gasteiger charge is -2.05. The van der Waals surface area contributed by atoms with Crippen LogP contribution < -0.4 is 5.73 Å². The molecular formula is C11H11N5S. The maximum Gasteiger partial charge on any atom is 0.195 e. The van der Waals surface area contributed by atoms with Gasteiger partial charge in [-0.2, -0.15) is 5.26 Å². The molecule has 0 saturated heterocycles. The molecule has 1 aromatic carbocycles. The molecule has 0 bridgehead atoms. The first kappa shape index (κ1) is 11.5. The van der Waals surface area contributed by atoms with E-state index in [0.29, 0.717) is 11.3 Å². The molecule has 0 spiro atoms. The molecule has 86 valence electrons. The number of anilines is 1. The van der Waals surface area contributed by atoms with Crippen molar-refractivity contribution in [2.45, 2.75) is 17.0 Å². The second-order valence-corrected chi connectivity index (χ2v) is 4.56. The van der Waals surface area contributed by atoms with Gasteiger partial charge in [-0.15, -0.1) is 10.2 Å². The van der Waals surface area contributed by atoms with E-state index in [1.807, 2.05) is 18.5 Å². The average molecular weight is 245 g/mol. The molecule has 5 nitrogen and oxygen atoms in total. The van der Waals surface area contributed by atoms with Crippen LogP contribution in [0.25, 0.3) is 0 Å². The Morgan fingerprint density at radius 1 is 1.41 bits per heavy atom. The van der Waals surface area contributed by atoms with Gasteiger partial charge in [0, 0.05) is 17.6 Å². The summed E-state index contributed by atoms with van der Waals surface area (Å²) in [6.07, 6.45) is 0. The maximum atomic E-state index is 8.84. The van der Waals surface area contributed by atoms with E-state index in [4.69, 9.17) is 11.0 Å². The minimum absolute atomic E-state index is 0.584. The third kappa shape index (κ3) is 2.24. The fourth-order valence-corrected chi connectivity index (χ4v) is 2.19. The Kier molecular flexibility index (Phi) is 3.02. The van der Waals surface area contributed by atoms with E-state index in [1.165, 1.54) is 11.8 Å². The molecule has 0 radical (unpaired) electrons. The number of aryl methyl sites for hydroxylation is 1. The van der Waals surface area contributed by atoms with Gasteiger partial charge >= 0.3 is 0 Å². The third-order valence-corrected chi connectivity index (χ3v) is 3.51. The topological polar surface area (TPSA) is 80.5 Å². The number of nitrogen functional groups attached to an aromatic ring is 1. The van der Waals surface area contributed by atoms with Gasteiger partial charge in [0.15, 0.2) is 5.16 Å². The molecule has 0 aliphatic rings. The van der Waals surface area contributed by atoms with Crippen molar-refractivity contribution in [1.29, 1.82) is 5.26 Å². The number of nitriles is 1. The summed E-state index contributed by atoms with van der Waals surface area (Å²) in [7, 11) is 1.89. The molecule has 0 amide bonds. The molecule has 0 fully saturated rings. The van der Waals surface area contributed by atoms with Crippen molar-refractivity contribution in [3.8, 4) is 6.07 Å². The van der Waals surface area contributed by atoms with Crippen molar-refractivity contribution in [3.05, 3.63) is 29.6 Å². The van der Waals surface area contributed by atoms with Crippen molar-refractivity contribution < 1.29 is 0 Å². The van der Waals surface area contributed by atoms with Crippen LogP contribution in [0.5, 0.6) is 0 Å². The Labute approximate surface area is 103 Å². The van der Waals surface area contributed by atoms with Gasteiger partial charge in [0.05, 0.1) is 11.6 Å². The van der Waals surface area contributed by atoms with Gasteiger partial charge in [0.2, 0.25) is 0 Å². The van der Waals surface area contributed by atoms with Crippen LogP contribution in [0, 0.1) is 18.3 Å². The first-order valence-electron chi connectivity index (χ1n) is 4.95. The highest BCUT2D eigenvalue weighted by Gasteiger charge is 2.09. The van der Waals surface area contributed by atoms with Crippen molar-refractivity contribution in [1.82, 2.24) is 14.8 Å². The number of hydrogen-bond donors (Lipinski definition) is 1. The summed E-state index contributed by atoms with van der Waals surface area (Å²) in [5.41, 5.74) is 7.08. The van der Waals surface area contributed by atoms with Gasteiger partial charge < -0.3 is 10.3 Å². The van der Waals surface area contributed by atoms with E-state index >= 15 is 0 Å². The molecule has 0 unspecified atom stereocenters. The predicted molar refractivity (Wildman–Crippen MR) is 65.4 cm³/mol. The second kappa shape index (κ2) is 4.47. The Balaban J connectivity index is 2.36. The van der Waals surface area contributed by atoms with Crippen LogP contribution in [0.15, 0.2) is 28.3 Å². The predicted octanol–water partition coefficient (Wildman–Crippen LogP) is 1.73. The van der Waals surface area contributed by atoms with E-state index in [9.17, 15) is 0 Å². The van der Waals surface area contributed by atoms with E-state index in [2.05, 4.69) is 16.3 Å². The fourth-order valence-electron chi connectivity index (χ4n) is 1.27. The summed E-state index contributed by atoms with van der Waals surface area (Å²) in [4.78, 5) is 0.819. The molecular weight excluding hydrogens is 234 g/mol. The Hall–Kier alpha value is -2.00. The highest BCUT2D eigenvalue weighted by Crippen LogP contribution is 2.31. The second-order valence-electron chi connectivity index (χ2n) is 3.56. The van der Waals surface area contributed by atoms with Crippen LogP contribution in [-0.2, 0) is 7.05 Å². The molecule has 0 atom stereocenters. The SMILES string of the molecule is Cc1nnc(Sc2cc(C#N)ccc2N)n1C. The van der Waals surface area contributed by atoms with Crippen LogP contribution in [0.2, 0.25) is 0 Å². The molecule has 0 aliphatic heterocycles. The number of aromatic nitrogens is 3. The zero-order valence-corrected chi connectivity index (χ0v) is 10.3. The quantitative estimate of drug-likeness (QED) is 0.815. The summed E-state index contributed by atoms with van der Waals surface area (Å²) in [5.74, 6) is 0.836. The van der Waals surface area contributed by atoms with Crippen molar-refractivity contribution >= 4 is 17.4 Å². The smallest absolute Gasteiger partial charge is 0.195 e. The van der Waals surface area contributed by atoms with Crippen LogP contribution in [-0.4, -0.2) is 14.8 Å². The average Bonchev–Trinajstić information content (AvgIpc) is 2.64. The van der Waals surface area contributed by atoms with Gasteiger partial charge in [-0.1, -0.05) is 0 Å². The van der Waals surface area contributed by atoms with Gasteiger partial charge in [0.25, 0.3) is 0 Å². The third-order valence-electron chi connectivity index (χ3n) is 2.40.